The number of halogens is 2. The topological polar surface area (TPSA) is 46.5 Å². The van der Waals surface area contributed by atoms with Gasteiger partial charge in [0.25, 0.3) is 0 Å². The predicted octanol–water partition coefficient (Wildman–Crippen LogP) is 6.24. The number of carboxylic acid groups (broad SMARTS) is 1. The molecule has 0 saturated heterocycles. The highest BCUT2D eigenvalue weighted by atomic mass is 35.5. The molecule has 0 amide bonds. The van der Waals surface area contributed by atoms with Crippen molar-refractivity contribution in [1.29, 1.82) is 0 Å². The monoisotopic (exact) mass is 392 g/mol. The smallest absolute Gasteiger partial charge is 0.335 e. The highest BCUT2D eigenvalue weighted by molar-refractivity contribution is 6.37. The Labute approximate surface area is 163 Å². The maximum Gasteiger partial charge on any atom is 0.335 e. The first kappa shape index (κ1) is 19.1. The molecule has 0 unspecified atom stereocenters. The van der Waals surface area contributed by atoms with Gasteiger partial charge in [0.15, 0.2) is 0 Å². The van der Waals surface area contributed by atoms with E-state index < -0.39 is 5.97 Å². The van der Waals surface area contributed by atoms with E-state index in [-0.39, 0.29) is 5.56 Å². The first-order valence-electron chi connectivity index (χ1n) is 8.97. The summed E-state index contributed by atoms with van der Waals surface area (Å²) in [5, 5.41) is 10.4. The molecular formula is C21H22Cl2O3. The van der Waals surface area contributed by atoms with Gasteiger partial charge in [-0.15, -0.1) is 0 Å². The molecule has 0 bridgehead atoms. The number of ether oxygens (including phenoxy) is 1. The number of rotatable bonds is 6. The van der Waals surface area contributed by atoms with Crippen LogP contribution in [0.4, 0.5) is 0 Å². The Hall–Kier alpha value is -1.71. The van der Waals surface area contributed by atoms with Crippen molar-refractivity contribution in [2.45, 2.75) is 38.5 Å². The Morgan fingerprint density at radius 1 is 1.08 bits per heavy atom. The molecule has 26 heavy (non-hydrogen) atoms. The number of aromatic carboxylic acids is 1. The van der Waals surface area contributed by atoms with Gasteiger partial charge in [-0.1, -0.05) is 60.7 Å². The van der Waals surface area contributed by atoms with E-state index >= 15 is 0 Å². The second kappa shape index (κ2) is 8.79. The molecule has 0 heterocycles. The fourth-order valence-electron chi connectivity index (χ4n) is 3.48. The van der Waals surface area contributed by atoms with Crippen molar-refractivity contribution in [3.05, 3.63) is 63.1 Å². The molecule has 3 rings (SSSR count). The van der Waals surface area contributed by atoms with Crippen molar-refractivity contribution in [3.63, 3.8) is 0 Å². The van der Waals surface area contributed by atoms with Crippen molar-refractivity contribution in [1.82, 2.24) is 0 Å². The van der Waals surface area contributed by atoms with Crippen LogP contribution in [-0.2, 0) is 6.42 Å². The quantitative estimate of drug-likeness (QED) is 0.632. The molecule has 3 nitrogen and oxygen atoms in total. The number of hydrogen-bond acceptors (Lipinski definition) is 2. The SMILES string of the molecule is O=C(O)c1ccccc1Cc1c(Cl)ccc(OCC2CCCCC2)c1Cl. The third-order valence-corrected chi connectivity index (χ3v) is 5.73. The molecule has 0 spiro atoms. The molecule has 0 atom stereocenters. The van der Waals surface area contributed by atoms with E-state index in [1.807, 2.05) is 6.07 Å². The Morgan fingerprint density at radius 3 is 2.54 bits per heavy atom. The maximum atomic E-state index is 11.4. The minimum atomic E-state index is -0.961. The molecular weight excluding hydrogens is 371 g/mol. The van der Waals surface area contributed by atoms with Gasteiger partial charge < -0.3 is 9.84 Å². The third kappa shape index (κ3) is 4.52. The van der Waals surface area contributed by atoms with Gasteiger partial charge in [-0.3, -0.25) is 0 Å². The Balaban J connectivity index is 1.80. The first-order chi connectivity index (χ1) is 12.6. The van der Waals surface area contributed by atoms with Crippen LogP contribution in [0.2, 0.25) is 10.0 Å². The summed E-state index contributed by atoms with van der Waals surface area (Å²) in [6.45, 7) is 0.659. The molecule has 2 aromatic rings. The largest absolute Gasteiger partial charge is 0.492 e. The molecule has 5 heteroatoms. The molecule has 1 N–H and O–H groups in total. The zero-order valence-electron chi connectivity index (χ0n) is 14.5. The summed E-state index contributed by atoms with van der Waals surface area (Å²) < 4.78 is 5.98. The summed E-state index contributed by atoms with van der Waals surface area (Å²) in [7, 11) is 0. The lowest BCUT2D eigenvalue weighted by atomic mass is 9.90. The highest BCUT2D eigenvalue weighted by Gasteiger charge is 2.18. The summed E-state index contributed by atoms with van der Waals surface area (Å²) in [6.07, 6.45) is 6.58. The van der Waals surface area contributed by atoms with Gasteiger partial charge in [0.05, 0.1) is 17.2 Å². The normalized spacial score (nSPS) is 15.0. The van der Waals surface area contributed by atoms with Crippen molar-refractivity contribution < 1.29 is 14.6 Å². The van der Waals surface area contributed by atoms with Gasteiger partial charge in [-0.25, -0.2) is 4.79 Å². The lowest BCUT2D eigenvalue weighted by molar-refractivity contribution is 0.0696. The Morgan fingerprint density at radius 2 is 1.81 bits per heavy atom. The molecule has 1 fully saturated rings. The zero-order chi connectivity index (χ0) is 18.5. The summed E-state index contributed by atoms with van der Waals surface area (Å²) in [6, 6.07) is 10.4. The van der Waals surface area contributed by atoms with Crippen molar-refractivity contribution in [2.24, 2.45) is 5.92 Å². The molecule has 1 saturated carbocycles. The number of carbonyl (C=O) groups is 1. The van der Waals surface area contributed by atoms with E-state index in [4.69, 9.17) is 27.9 Å². The number of carboxylic acids is 1. The average Bonchev–Trinajstić information content (AvgIpc) is 2.65. The van der Waals surface area contributed by atoms with Gasteiger partial charge in [0.2, 0.25) is 0 Å². The van der Waals surface area contributed by atoms with Gasteiger partial charge in [-0.2, -0.15) is 0 Å². The van der Waals surface area contributed by atoms with Gasteiger partial charge >= 0.3 is 5.97 Å². The van der Waals surface area contributed by atoms with Crippen LogP contribution in [0.1, 0.15) is 53.6 Å². The van der Waals surface area contributed by atoms with E-state index in [0.29, 0.717) is 45.9 Å². The molecule has 1 aliphatic rings. The van der Waals surface area contributed by atoms with E-state index in [1.54, 1.807) is 30.3 Å². The maximum absolute atomic E-state index is 11.4. The highest BCUT2D eigenvalue weighted by Crippen LogP contribution is 2.36. The fraction of sp³-hybridized carbons (Fsp3) is 0.381. The summed E-state index contributed by atoms with van der Waals surface area (Å²) in [5.74, 6) is 0.230. The summed E-state index contributed by atoms with van der Waals surface area (Å²) >= 11 is 12.9. The lowest BCUT2D eigenvalue weighted by Gasteiger charge is -2.22. The fourth-order valence-corrected chi connectivity index (χ4v) is 4.04. The second-order valence-corrected chi connectivity index (χ2v) is 7.58. The Bertz CT molecular complexity index is 783. The minimum Gasteiger partial charge on any atom is -0.492 e. The van der Waals surface area contributed by atoms with Crippen molar-refractivity contribution >= 4 is 29.2 Å². The molecule has 0 radical (unpaired) electrons. The molecule has 0 aliphatic heterocycles. The molecule has 138 valence electrons. The summed E-state index contributed by atoms with van der Waals surface area (Å²) in [5.41, 5.74) is 1.63. The van der Waals surface area contributed by atoms with E-state index in [1.165, 1.54) is 32.1 Å². The lowest BCUT2D eigenvalue weighted by Crippen LogP contribution is -2.15. The van der Waals surface area contributed by atoms with Crippen LogP contribution < -0.4 is 4.74 Å². The van der Waals surface area contributed by atoms with Crippen LogP contribution in [0.25, 0.3) is 0 Å². The van der Waals surface area contributed by atoms with Crippen LogP contribution in [0.5, 0.6) is 5.75 Å². The zero-order valence-corrected chi connectivity index (χ0v) is 16.0. The Kier molecular flexibility index (Phi) is 6.44. The van der Waals surface area contributed by atoms with Crippen LogP contribution in [0, 0.1) is 5.92 Å². The standard InChI is InChI=1S/C21H22Cl2O3/c22-18-10-11-19(26-13-14-6-2-1-3-7-14)20(23)17(18)12-15-8-4-5-9-16(15)21(24)25/h4-5,8-11,14H,1-3,6-7,12-13H2,(H,24,25). The van der Waals surface area contributed by atoms with Crippen LogP contribution >= 0.6 is 23.2 Å². The van der Waals surface area contributed by atoms with Crippen LogP contribution in [0.3, 0.4) is 0 Å². The molecule has 1 aliphatic carbocycles. The van der Waals surface area contributed by atoms with Crippen LogP contribution in [0.15, 0.2) is 36.4 Å². The van der Waals surface area contributed by atoms with Crippen molar-refractivity contribution in [2.75, 3.05) is 6.61 Å². The van der Waals surface area contributed by atoms with E-state index in [2.05, 4.69) is 0 Å². The number of benzene rings is 2. The van der Waals surface area contributed by atoms with E-state index in [9.17, 15) is 9.90 Å². The first-order valence-corrected chi connectivity index (χ1v) is 9.72. The third-order valence-electron chi connectivity index (χ3n) is 4.96. The second-order valence-electron chi connectivity index (χ2n) is 6.79. The molecule has 2 aromatic carbocycles. The average molecular weight is 393 g/mol. The van der Waals surface area contributed by atoms with Gasteiger partial charge in [0, 0.05) is 11.4 Å². The van der Waals surface area contributed by atoms with Gasteiger partial charge in [0.1, 0.15) is 5.75 Å². The van der Waals surface area contributed by atoms with E-state index in [0.717, 1.165) is 0 Å². The van der Waals surface area contributed by atoms with Crippen molar-refractivity contribution in [3.8, 4) is 5.75 Å². The summed E-state index contributed by atoms with van der Waals surface area (Å²) in [4.78, 5) is 11.4. The van der Waals surface area contributed by atoms with Crippen LogP contribution in [-0.4, -0.2) is 17.7 Å². The number of hydrogen-bond donors (Lipinski definition) is 1. The minimum absolute atomic E-state index is 0.258. The molecule has 0 aromatic heterocycles. The predicted molar refractivity (Wildman–Crippen MR) is 105 cm³/mol. The van der Waals surface area contributed by atoms with Gasteiger partial charge in [-0.05, 0) is 48.1 Å².